The third kappa shape index (κ3) is 3.12. The van der Waals surface area contributed by atoms with Crippen molar-refractivity contribution in [1.29, 1.82) is 0 Å². The maximum atomic E-state index is 6.30. The number of hydrogen-bond acceptors (Lipinski definition) is 4. The number of thioether (sulfide) groups is 1. The van der Waals surface area contributed by atoms with Gasteiger partial charge in [0.2, 0.25) is 0 Å². The second kappa shape index (κ2) is 5.97. The fourth-order valence-electron chi connectivity index (χ4n) is 2.78. The Kier molecular flexibility index (Phi) is 4.09. The number of nitrogens with zero attached hydrogens (tertiary/aromatic N) is 1. The molecule has 1 aliphatic carbocycles. The van der Waals surface area contributed by atoms with Crippen molar-refractivity contribution in [2.24, 2.45) is 11.7 Å². The maximum Gasteiger partial charge on any atom is 0.256 e. The molecule has 2 aromatic rings. The molecular formula is C15H20N2OS. The Labute approximate surface area is 118 Å². The van der Waals surface area contributed by atoms with Crippen molar-refractivity contribution < 1.29 is 4.42 Å². The highest BCUT2D eigenvalue weighted by atomic mass is 32.2. The van der Waals surface area contributed by atoms with E-state index >= 15 is 0 Å². The van der Waals surface area contributed by atoms with E-state index in [9.17, 15) is 0 Å². The molecule has 19 heavy (non-hydrogen) atoms. The Bertz CT molecular complexity index is 501. The fraction of sp³-hybridized carbons (Fsp3) is 0.533. The molecule has 0 radical (unpaired) electrons. The summed E-state index contributed by atoms with van der Waals surface area (Å²) < 4.78 is 5.70. The molecule has 0 aliphatic heterocycles. The average molecular weight is 276 g/mol. The summed E-state index contributed by atoms with van der Waals surface area (Å²) in [6.07, 6.45) is 6.63. The molecule has 3 nitrogen and oxygen atoms in total. The molecule has 0 saturated heterocycles. The highest BCUT2D eigenvalue weighted by Crippen LogP contribution is 2.29. The number of para-hydroxylation sites is 2. The van der Waals surface area contributed by atoms with Gasteiger partial charge in [0.25, 0.3) is 5.22 Å². The number of oxazole rings is 1. The molecule has 0 spiro atoms. The van der Waals surface area contributed by atoms with Crippen molar-refractivity contribution in [3.63, 3.8) is 0 Å². The van der Waals surface area contributed by atoms with Gasteiger partial charge in [-0.05, 0) is 30.9 Å². The Morgan fingerprint density at radius 1 is 1.26 bits per heavy atom. The molecule has 1 aromatic heterocycles. The predicted molar refractivity (Wildman–Crippen MR) is 79.3 cm³/mol. The maximum absolute atomic E-state index is 6.30. The summed E-state index contributed by atoms with van der Waals surface area (Å²) in [4.78, 5) is 4.47. The van der Waals surface area contributed by atoms with Crippen molar-refractivity contribution >= 4 is 22.9 Å². The second-order valence-corrected chi connectivity index (χ2v) is 6.29. The van der Waals surface area contributed by atoms with Gasteiger partial charge >= 0.3 is 0 Å². The van der Waals surface area contributed by atoms with Crippen molar-refractivity contribution in [1.82, 2.24) is 4.98 Å². The van der Waals surface area contributed by atoms with Crippen LogP contribution in [-0.2, 0) is 0 Å². The van der Waals surface area contributed by atoms with Crippen LogP contribution in [0.25, 0.3) is 11.1 Å². The first-order chi connectivity index (χ1) is 9.33. The van der Waals surface area contributed by atoms with Crippen LogP contribution in [0.4, 0.5) is 0 Å². The highest BCUT2D eigenvalue weighted by molar-refractivity contribution is 7.99. The molecule has 1 aliphatic rings. The number of hydrogen-bond donors (Lipinski definition) is 1. The van der Waals surface area contributed by atoms with Crippen LogP contribution in [0.5, 0.6) is 0 Å². The molecule has 1 atom stereocenters. The van der Waals surface area contributed by atoms with Gasteiger partial charge in [0, 0.05) is 11.8 Å². The molecule has 4 heteroatoms. The molecule has 2 N–H and O–H groups in total. The van der Waals surface area contributed by atoms with E-state index in [0.29, 0.717) is 5.92 Å². The Balaban J connectivity index is 1.58. The molecule has 1 heterocycles. The van der Waals surface area contributed by atoms with E-state index in [1.807, 2.05) is 24.3 Å². The van der Waals surface area contributed by atoms with Crippen LogP contribution in [0.2, 0.25) is 0 Å². The summed E-state index contributed by atoms with van der Waals surface area (Å²) in [5.74, 6) is 1.59. The summed E-state index contributed by atoms with van der Waals surface area (Å²) >= 11 is 1.65. The van der Waals surface area contributed by atoms with Crippen LogP contribution in [-0.4, -0.2) is 16.8 Å². The van der Waals surface area contributed by atoms with Gasteiger partial charge in [-0.15, -0.1) is 0 Å². The molecule has 0 bridgehead atoms. The number of fused-ring (bicyclic) bond motifs is 1. The van der Waals surface area contributed by atoms with Gasteiger partial charge in [0.05, 0.1) is 0 Å². The summed E-state index contributed by atoms with van der Waals surface area (Å²) in [5, 5.41) is 0.743. The van der Waals surface area contributed by atoms with E-state index in [2.05, 4.69) is 4.98 Å². The fourth-order valence-corrected chi connectivity index (χ4v) is 3.70. The standard InChI is InChI=1S/C15H20N2OS/c16-12(11-6-2-1-3-7-11)10-19-15-17-13-8-4-5-9-14(13)18-15/h4-5,8-9,11-12H,1-3,6-7,10,16H2. The quantitative estimate of drug-likeness (QED) is 0.862. The minimum atomic E-state index is 0.264. The molecule has 1 fully saturated rings. The zero-order valence-corrected chi connectivity index (χ0v) is 11.9. The van der Waals surface area contributed by atoms with E-state index in [1.54, 1.807) is 11.8 Å². The molecule has 3 rings (SSSR count). The number of aromatic nitrogens is 1. The van der Waals surface area contributed by atoms with E-state index in [1.165, 1.54) is 32.1 Å². The van der Waals surface area contributed by atoms with E-state index in [4.69, 9.17) is 10.2 Å². The summed E-state index contributed by atoms with van der Waals surface area (Å²) in [5.41, 5.74) is 8.08. The van der Waals surface area contributed by atoms with Crippen molar-refractivity contribution in [2.75, 3.05) is 5.75 Å². The van der Waals surface area contributed by atoms with Gasteiger partial charge < -0.3 is 10.2 Å². The molecule has 1 unspecified atom stereocenters. The topological polar surface area (TPSA) is 52.0 Å². The SMILES string of the molecule is NC(CSc1nc2ccccc2o1)C1CCCCC1. The number of nitrogens with two attached hydrogens (primary N) is 1. The third-order valence-electron chi connectivity index (χ3n) is 3.93. The zero-order chi connectivity index (χ0) is 13.1. The lowest BCUT2D eigenvalue weighted by Crippen LogP contribution is -2.33. The van der Waals surface area contributed by atoms with Gasteiger partial charge in [0.1, 0.15) is 5.52 Å². The monoisotopic (exact) mass is 276 g/mol. The van der Waals surface area contributed by atoms with Crippen LogP contribution in [0.15, 0.2) is 33.9 Å². The first kappa shape index (κ1) is 13.0. The molecule has 0 amide bonds. The first-order valence-electron chi connectivity index (χ1n) is 7.07. The summed E-state index contributed by atoms with van der Waals surface area (Å²) in [7, 11) is 0. The number of benzene rings is 1. The minimum Gasteiger partial charge on any atom is -0.431 e. The lowest BCUT2D eigenvalue weighted by Gasteiger charge is -2.26. The Hall–Kier alpha value is -1.00. The van der Waals surface area contributed by atoms with Crippen molar-refractivity contribution in [2.45, 2.75) is 43.4 Å². The Morgan fingerprint density at radius 2 is 2.05 bits per heavy atom. The highest BCUT2D eigenvalue weighted by Gasteiger charge is 2.21. The summed E-state index contributed by atoms with van der Waals surface area (Å²) in [6, 6.07) is 8.14. The van der Waals surface area contributed by atoms with E-state index in [-0.39, 0.29) is 6.04 Å². The lowest BCUT2D eigenvalue weighted by atomic mass is 9.85. The number of rotatable bonds is 4. The van der Waals surface area contributed by atoms with E-state index < -0.39 is 0 Å². The van der Waals surface area contributed by atoms with Crippen LogP contribution < -0.4 is 5.73 Å². The van der Waals surface area contributed by atoms with Crippen molar-refractivity contribution in [3.8, 4) is 0 Å². The van der Waals surface area contributed by atoms with E-state index in [0.717, 1.165) is 22.1 Å². The van der Waals surface area contributed by atoms with Gasteiger partial charge in [0.15, 0.2) is 5.58 Å². The van der Waals surface area contributed by atoms with Crippen LogP contribution in [0.1, 0.15) is 32.1 Å². The second-order valence-electron chi connectivity index (χ2n) is 5.32. The normalized spacial score (nSPS) is 18.8. The molecule has 1 aromatic carbocycles. The predicted octanol–water partition coefficient (Wildman–Crippen LogP) is 3.83. The van der Waals surface area contributed by atoms with Gasteiger partial charge in [-0.3, -0.25) is 0 Å². The van der Waals surface area contributed by atoms with Gasteiger partial charge in [-0.25, -0.2) is 4.98 Å². The van der Waals surface area contributed by atoms with Gasteiger partial charge in [-0.1, -0.05) is 43.2 Å². The van der Waals surface area contributed by atoms with Gasteiger partial charge in [-0.2, -0.15) is 0 Å². The summed E-state index contributed by atoms with van der Waals surface area (Å²) in [6.45, 7) is 0. The van der Waals surface area contributed by atoms with Crippen LogP contribution in [0, 0.1) is 5.92 Å². The average Bonchev–Trinajstić information content (AvgIpc) is 2.88. The molecular weight excluding hydrogens is 256 g/mol. The van der Waals surface area contributed by atoms with Crippen LogP contribution >= 0.6 is 11.8 Å². The molecule has 102 valence electrons. The largest absolute Gasteiger partial charge is 0.431 e. The smallest absolute Gasteiger partial charge is 0.256 e. The van der Waals surface area contributed by atoms with Crippen LogP contribution in [0.3, 0.4) is 0 Å². The lowest BCUT2D eigenvalue weighted by molar-refractivity contribution is 0.319. The first-order valence-corrected chi connectivity index (χ1v) is 8.05. The minimum absolute atomic E-state index is 0.264. The third-order valence-corrected chi connectivity index (χ3v) is 4.90. The molecule has 1 saturated carbocycles. The zero-order valence-electron chi connectivity index (χ0n) is 11.0. The van der Waals surface area contributed by atoms with Crippen molar-refractivity contribution in [3.05, 3.63) is 24.3 Å². The Morgan fingerprint density at radius 3 is 2.84 bits per heavy atom.